The summed E-state index contributed by atoms with van der Waals surface area (Å²) in [5.74, 6) is 0.604. The molecule has 3 heterocycles. The molecular weight excluding hydrogens is 456 g/mol. The van der Waals surface area contributed by atoms with Gasteiger partial charge in [0.1, 0.15) is 28.9 Å². The van der Waals surface area contributed by atoms with E-state index in [-0.39, 0.29) is 0 Å². The molecule has 2 aromatic heterocycles. The Morgan fingerprint density at radius 3 is 2.61 bits per heavy atom. The molecule has 0 bridgehead atoms. The van der Waals surface area contributed by atoms with E-state index in [1.54, 1.807) is 24.8 Å². The summed E-state index contributed by atoms with van der Waals surface area (Å²) in [7, 11) is 3.61. The zero-order valence-electron chi connectivity index (χ0n) is 21.9. The van der Waals surface area contributed by atoms with E-state index in [4.69, 9.17) is 19.8 Å². The number of benzene rings is 1. The number of imidazole rings is 1. The summed E-state index contributed by atoms with van der Waals surface area (Å²) in [6, 6.07) is 7.67. The van der Waals surface area contributed by atoms with Crippen molar-refractivity contribution in [2.75, 3.05) is 31.7 Å². The smallest absolute Gasteiger partial charge is 0.235 e. The molecule has 3 aromatic rings. The topological polar surface area (TPSA) is 102 Å². The van der Waals surface area contributed by atoms with Gasteiger partial charge in [-0.3, -0.25) is 4.68 Å². The van der Waals surface area contributed by atoms with E-state index in [9.17, 15) is 4.79 Å². The molecule has 1 aliphatic rings. The number of ether oxygens (including phenoxy) is 1. The van der Waals surface area contributed by atoms with Gasteiger partial charge >= 0.3 is 0 Å². The third kappa shape index (κ3) is 4.65. The van der Waals surface area contributed by atoms with Crippen LogP contribution in [0.25, 0.3) is 11.4 Å². The third-order valence-electron chi connectivity index (χ3n) is 6.46. The van der Waals surface area contributed by atoms with Crippen molar-refractivity contribution in [1.29, 1.82) is 0 Å². The molecule has 36 heavy (non-hydrogen) atoms. The molecule has 1 atom stereocenters. The van der Waals surface area contributed by atoms with Gasteiger partial charge in [0.25, 0.3) is 0 Å². The first kappa shape index (κ1) is 25.2. The monoisotopic (exact) mass is 488 g/mol. The molecule has 1 aromatic carbocycles. The number of anilines is 1. The zero-order valence-corrected chi connectivity index (χ0v) is 21.9. The molecule has 0 amide bonds. The van der Waals surface area contributed by atoms with Crippen LogP contribution in [0.2, 0.25) is 0 Å². The Balaban J connectivity index is 1.79. The van der Waals surface area contributed by atoms with E-state index in [1.807, 2.05) is 44.6 Å². The molecule has 0 N–H and O–H groups in total. The number of hydrogen-bond donors (Lipinski definition) is 0. The van der Waals surface area contributed by atoms with E-state index in [0.717, 1.165) is 52.8 Å². The molecule has 188 valence electrons. The largest absolute Gasteiger partial charge is 0.383 e. The minimum Gasteiger partial charge on any atom is -0.383 e. The summed E-state index contributed by atoms with van der Waals surface area (Å²) in [4.78, 5) is 27.0. The molecule has 0 saturated heterocycles. The maximum Gasteiger partial charge on any atom is 0.235 e. The number of likely N-dealkylation sites (N-methyl/N-ethyl adjacent to an activating group) is 1. The van der Waals surface area contributed by atoms with Crippen molar-refractivity contribution in [3.63, 3.8) is 0 Å². The molecule has 0 spiro atoms. The second kappa shape index (κ2) is 10.4. The van der Waals surface area contributed by atoms with Gasteiger partial charge in [-0.2, -0.15) is 15.2 Å². The lowest BCUT2D eigenvalue weighted by molar-refractivity contribution is 0.205. The minimum atomic E-state index is -0.507. The van der Waals surface area contributed by atoms with E-state index in [0.29, 0.717) is 23.9 Å². The van der Waals surface area contributed by atoms with Gasteiger partial charge in [-0.05, 0) is 64.4 Å². The highest BCUT2D eigenvalue weighted by molar-refractivity contribution is 6.51. The molecule has 10 nitrogen and oxygen atoms in total. The summed E-state index contributed by atoms with van der Waals surface area (Å²) < 4.78 is 8.83. The van der Waals surface area contributed by atoms with Gasteiger partial charge in [0, 0.05) is 38.6 Å². The number of nitrogens with zero attached hydrogens (tertiary/aromatic N) is 8. The number of carbonyl (C=O) groups excluding carboxylic acids is 1. The summed E-state index contributed by atoms with van der Waals surface area (Å²) in [6.45, 7) is 12.3. The first-order chi connectivity index (χ1) is 17.3. The molecular formula is C26H32N8O2. The average Bonchev–Trinajstić information content (AvgIpc) is 3.48. The molecule has 1 aliphatic heterocycles. The second-order valence-corrected chi connectivity index (χ2v) is 8.86. The molecule has 10 heteroatoms. The Labute approximate surface area is 211 Å². The van der Waals surface area contributed by atoms with Crippen LogP contribution in [0.3, 0.4) is 0 Å². The molecule has 1 unspecified atom stereocenters. The summed E-state index contributed by atoms with van der Waals surface area (Å²) >= 11 is 0. The van der Waals surface area contributed by atoms with Gasteiger partial charge in [0.15, 0.2) is 5.82 Å². The fraction of sp³-hybridized carbons (Fsp3) is 0.423. The summed E-state index contributed by atoms with van der Waals surface area (Å²) in [6.07, 6.45) is 1.64. The highest BCUT2D eigenvalue weighted by atomic mass is 16.5. The molecule has 0 saturated carbocycles. The lowest BCUT2D eigenvalue weighted by atomic mass is 10.1. The highest BCUT2D eigenvalue weighted by Gasteiger charge is 2.32. The van der Waals surface area contributed by atoms with Crippen molar-refractivity contribution in [1.82, 2.24) is 19.4 Å². The van der Waals surface area contributed by atoms with Crippen LogP contribution in [0.5, 0.6) is 0 Å². The van der Waals surface area contributed by atoms with E-state index >= 15 is 0 Å². The highest BCUT2D eigenvalue weighted by Crippen LogP contribution is 2.30. The SMILES string of the molecule is CCN(CCOC)c1ccc(/N=C2/C(C(C)N=C=O)=Nn3c2nc(-c2cc(C)n(C)n2)c3C)c(C)c1. The number of aliphatic imine (C=N–C) groups is 2. The molecule has 0 fully saturated rings. The fourth-order valence-corrected chi connectivity index (χ4v) is 4.24. The van der Waals surface area contributed by atoms with Crippen molar-refractivity contribution in [2.24, 2.45) is 22.1 Å². The van der Waals surface area contributed by atoms with Gasteiger partial charge in [-0.1, -0.05) is 0 Å². The third-order valence-corrected chi connectivity index (χ3v) is 6.46. The Morgan fingerprint density at radius 2 is 2.00 bits per heavy atom. The Kier molecular flexibility index (Phi) is 7.28. The lowest BCUT2D eigenvalue weighted by Gasteiger charge is -2.23. The summed E-state index contributed by atoms with van der Waals surface area (Å²) in [5, 5.41) is 9.34. The van der Waals surface area contributed by atoms with Gasteiger partial charge in [-0.25, -0.2) is 19.4 Å². The minimum absolute atomic E-state index is 0.507. The van der Waals surface area contributed by atoms with Crippen LogP contribution < -0.4 is 4.90 Å². The van der Waals surface area contributed by atoms with Crippen LogP contribution in [0.15, 0.2) is 39.4 Å². The first-order valence-electron chi connectivity index (χ1n) is 12.0. The Hall–Kier alpha value is -3.88. The normalized spacial score (nSPS) is 14.5. The van der Waals surface area contributed by atoms with Crippen LogP contribution in [0.1, 0.15) is 36.6 Å². The van der Waals surface area contributed by atoms with Gasteiger partial charge in [0.05, 0.1) is 18.0 Å². The van der Waals surface area contributed by atoms with E-state index in [2.05, 4.69) is 34.0 Å². The molecule has 4 rings (SSSR count). The van der Waals surface area contributed by atoms with Gasteiger partial charge in [0.2, 0.25) is 6.08 Å². The van der Waals surface area contributed by atoms with Crippen LogP contribution in [-0.4, -0.2) is 69.8 Å². The van der Waals surface area contributed by atoms with Crippen molar-refractivity contribution < 1.29 is 9.53 Å². The zero-order chi connectivity index (χ0) is 26.0. The van der Waals surface area contributed by atoms with E-state index in [1.165, 1.54) is 0 Å². The number of fused-ring (bicyclic) bond motifs is 1. The lowest BCUT2D eigenvalue weighted by Crippen LogP contribution is -2.26. The van der Waals surface area contributed by atoms with Crippen LogP contribution in [-0.2, 0) is 16.6 Å². The number of aryl methyl sites for hydroxylation is 3. The van der Waals surface area contributed by atoms with Crippen molar-refractivity contribution in [3.8, 4) is 11.4 Å². The molecule has 0 radical (unpaired) electrons. The van der Waals surface area contributed by atoms with Crippen molar-refractivity contribution in [2.45, 2.75) is 40.7 Å². The summed E-state index contributed by atoms with van der Waals surface area (Å²) in [5.41, 5.74) is 7.50. The Morgan fingerprint density at radius 1 is 1.22 bits per heavy atom. The quantitative estimate of drug-likeness (QED) is 0.337. The average molecular weight is 489 g/mol. The maximum absolute atomic E-state index is 11.0. The fourth-order valence-electron chi connectivity index (χ4n) is 4.24. The number of aromatic nitrogens is 4. The van der Waals surface area contributed by atoms with Crippen LogP contribution in [0.4, 0.5) is 11.4 Å². The van der Waals surface area contributed by atoms with Crippen LogP contribution >= 0.6 is 0 Å². The second-order valence-electron chi connectivity index (χ2n) is 8.86. The predicted molar refractivity (Wildman–Crippen MR) is 141 cm³/mol. The number of methoxy groups -OCH3 is 1. The van der Waals surface area contributed by atoms with Crippen molar-refractivity contribution >= 4 is 28.9 Å². The van der Waals surface area contributed by atoms with Crippen LogP contribution in [0, 0.1) is 20.8 Å². The Bertz CT molecular complexity index is 1370. The van der Waals surface area contributed by atoms with Gasteiger partial charge < -0.3 is 9.64 Å². The first-order valence-corrected chi connectivity index (χ1v) is 12.0. The van der Waals surface area contributed by atoms with Gasteiger partial charge in [-0.15, -0.1) is 0 Å². The number of isocyanates is 1. The maximum atomic E-state index is 11.0. The standard InChI is InChI=1S/C26H32N8O2/c1-8-33(11-12-36-7)20-9-10-21(16(2)13-20)28-25-23(18(4)27-15-35)31-34-19(5)24(29-26(25)34)22-14-17(3)32(6)30-22/h9-10,13-14,18H,8,11-12H2,1-7H3/b28-25-. The molecule has 0 aliphatic carbocycles. The number of rotatable bonds is 9. The van der Waals surface area contributed by atoms with Crippen molar-refractivity contribution in [3.05, 3.63) is 47.0 Å². The number of hydrogen-bond acceptors (Lipinski definition) is 8. The van der Waals surface area contributed by atoms with E-state index < -0.39 is 6.04 Å². The predicted octanol–water partition coefficient (Wildman–Crippen LogP) is 3.74.